The van der Waals surface area contributed by atoms with Gasteiger partial charge in [0.1, 0.15) is 15.2 Å². The summed E-state index contributed by atoms with van der Waals surface area (Å²) in [7, 11) is 1.65. The van der Waals surface area contributed by atoms with Crippen LogP contribution in [0.1, 0.15) is 11.3 Å². The molecule has 0 fully saturated rings. The highest BCUT2D eigenvalue weighted by Gasteiger charge is 2.20. The van der Waals surface area contributed by atoms with E-state index >= 15 is 0 Å². The molecule has 1 aromatic carbocycles. The van der Waals surface area contributed by atoms with Gasteiger partial charge in [0.25, 0.3) is 0 Å². The number of hydrogen-bond acceptors (Lipinski definition) is 7. The van der Waals surface area contributed by atoms with Crippen molar-refractivity contribution in [2.24, 2.45) is 0 Å². The summed E-state index contributed by atoms with van der Waals surface area (Å²) in [4.78, 5) is 14.2. The highest BCUT2D eigenvalue weighted by atomic mass is 79.9. The monoisotopic (exact) mass is 456 g/mol. The van der Waals surface area contributed by atoms with Crippen LogP contribution in [0.25, 0.3) is 22.0 Å². The number of methoxy groups -OCH3 is 1. The van der Waals surface area contributed by atoms with E-state index in [1.165, 1.54) is 11.3 Å². The third-order valence-electron chi connectivity index (χ3n) is 4.12. The molecule has 0 aliphatic carbocycles. The minimum absolute atomic E-state index is 0.463. The molecule has 0 bridgehead atoms. The predicted molar refractivity (Wildman–Crippen MR) is 113 cm³/mol. The van der Waals surface area contributed by atoms with Gasteiger partial charge in [-0.25, -0.2) is 15.0 Å². The van der Waals surface area contributed by atoms with E-state index < -0.39 is 0 Å². The first-order valence-electron chi connectivity index (χ1n) is 8.46. The lowest BCUT2D eigenvalue weighted by molar-refractivity contribution is 0.414. The average molecular weight is 457 g/mol. The molecule has 2 N–H and O–H groups in total. The number of aryl methyl sites for hydroxylation is 1. The number of nitrogens with zero attached hydrogens (tertiary/aromatic N) is 5. The van der Waals surface area contributed by atoms with Crippen molar-refractivity contribution in [1.82, 2.24) is 24.7 Å². The van der Waals surface area contributed by atoms with Crippen molar-refractivity contribution in [1.29, 1.82) is 0 Å². The molecule has 9 heteroatoms. The van der Waals surface area contributed by atoms with Crippen molar-refractivity contribution in [2.45, 2.75) is 13.5 Å². The van der Waals surface area contributed by atoms with Gasteiger partial charge >= 0.3 is 0 Å². The van der Waals surface area contributed by atoms with Crippen molar-refractivity contribution >= 4 is 32.4 Å². The zero-order valence-electron chi connectivity index (χ0n) is 15.3. The number of halogens is 1. The fraction of sp³-hybridized carbons (Fsp3) is 0.158. The largest absolute Gasteiger partial charge is 0.497 e. The van der Waals surface area contributed by atoms with Gasteiger partial charge in [-0.1, -0.05) is 23.5 Å². The van der Waals surface area contributed by atoms with Crippen LogP contribution in [0.3, 0.4) is 0 Å². The number of rotatable bonds is 5. The number of thiazole rings is 1. The van der Waals surface area contributed by atoms with Gasteiger partial charge in [0, 0.05) is 18.1 Å². The Balaban J connectivity index is 1.69. The molecular formula is C19H17BrN6OS. The number of anilines is 1. The van der Waals surface area contributed by atoms with Crippen LogP contribution in [-0.2, 0) is 6.54 Å². The summed E-state index contributed by atoms with van der Waals surface area (Å²) in [5.41, 5.74) is 9.57. The summed E-state index contributed by atoms with van der Waals surface area (Å²) in [6.07, 6.45) is 3.68. The summed E-state index contributed by atoms with van der Waals surface area (Å²) in [6.45, 7) is 2.55. The van der Waals surface area contributed by atoms with E-state index in [-0.39, 0.29) is 0 Å². The molecule has 4 rings (SSSR count). The Morgan fingerprint density at radius 1 is 1.18 bits per heavy atom. The lowest BCUT2D eigenvalue weighted by Gasteiger charge is -2.03. The Labute approximate surface area is 174 Å². The van der Waals surface area contributed by atoms with Gasteiger partial charge < -0.3 is 10.5 Å². The first-order valence-corrected chi connectivity index (χ1v) is 10.1. The van der Waals surface area contributed by atoms with Crippen LogP contribution in [0.5, 0.6) is 5.75 Å². The van der Waals surface area contributed by atoms with Crippen molar-refractivity contribution in [3.05, 3.63) is 58.6 Å². The lowest BCUT2D eigenvalue weighted by atomic mass is 10.2. The van der Waals surface area contributed by atoms with Gasteiger partial charge in [0.2, 0.25) is 0 Å². The standard InChI is InChI=1S/C19H17BrN6OS/c1-11-7-8-22-18(23-11)16-15(24-19(21)28-16)14-10-26(25-17(14)20)9-12-3-5-13(27-2)6-4-12/h3-8,10H,9H2,1-2H3,(H2,21,24). The quantitative estimate of drug-likeness (QED) is 0.484. The molecule has 0 aliphatic heterocycles. The topological polar surface area (TPSA) is 91.7 Å². The molecule has 3 aromatic heterocycles. The number of nitrogens with two attached hydrogens (primary N) is 1. The molecule has 7 nitrogen and oxygen atoms in total. The summed E-state index contributed by atoms with van der Waals surface area (Å²) in [5.74, 6) is 1.44. The zero-order valence-corrected chi connectivity index (χ0v) is 17.7. The smallest absolute Gasteiger partial charge is 0.181 e. The number of hydrogen-bond donors (Lipinski definition) is 1. The van der Waals surface area contributed by atoms with Crippen LogP contribution < -0.4 is 10.5 Å². The minimum atomic E-state index is 0.463. The Bertz CT molecular complexity index is 1120. The van der Waals surface area contributed by atoms with Crippen molar-refractivity contribution in [3.8, 4) is 27.7 Å². The number of ether oxygens (including phenoxy) is 1. The maximum atomic E-state index is 6.00. The van der Waals surface area contributed by atoms with Crippen LogP contribution in [0, 0.1) is 6.92 Å². The van der Waals surface area contributed by atoms with E-state index in [1.54, 1.807) is 13.3 Å². The lowest BCUT2D eigenvalue weighted by Crippen LogP contribution is -1.99. The van der Waals surface area contributed by atoms with Crippen molar-refractivity contribution < 1.29 is 4.74 Å². The fourth-order valence-electron chi connectivity index (χ4n) is 2.78. The fourth-order valence-corrected chi connectivity index (χ4v) is 4.07. The Morgan fingerprint density at radius 3 is 2.68 bits per heavy atom. The van der Waals surface area contributed by atoms with Gasteiger partial charge in [-0.3, -0.25) is 4.68 Å². The van der Waals surface area contributed by atoms with Crippen LogP contribution in [0.15, 0.2) is 47.3 Å². The molecule has 0 atom stereocenters. The molecule has 0 radical (unpaired) electrons. The maximum Gasteiger partial charge on any atom is 0.181 e. The Hall–Kier alpha value is -2.78. The van der Waals surface area contributed by atoms with Crippen LogP contribution in [0.2, 0.25) is 0 Å². The summed E-state index contributed by atoms with van der Waals surface area (Å²) < 4.78 is 7.76. The maximum absolute atomic E-state index is 6.00. The van der Waals surface area contributed by atoms with Gasteiger partial charge in [-0.15, -0.1) is 0 Å². The molecule has 142 valence electrons. The SMILES string of the molecule is COc1ccc(Cn2cc(-c3nc(N)sc3-c3nccc(C)n3)c(Br)n2)cc1. The van der Waals surface area contributed by atoms with E-state index in [9.17, 15) is 0 Å². The Kier molecular flexibility index (Phi) is 5.10. The Morgan fingerprint density at radius 2 is 1.96 bits per heavy atom. The van der Waals surface area contributed by atoms with E-state index in [2.05, 4.69) is 36.0 Å². The molecule has 4 aromatic rings. The second-order valence-corrected chi connectivity index (χ2v) is 7.91. The third-order valence-corrected chi connectivity index (χ3v) is 5.58. The van der Waals surface area contributed by atoms with E-state index in [4.69, 9.17) is 10.5 Å². The van der Waals surface area contributed by atoms with Gasteiger partial charge in [0.05, 0.1) is 24.9 Å². The molecule has 0 spiro atoms. The average Bonchev–Trinajstić information content (AvgIpc) is 3.24. The number of aromatic nitrogens is 5. The zero-order chi connectivity index (χ0) is 19.7. The van der Waals surface area contributed by atoms with E-state index in [0.29, 0.717) is 22.1 Å². The summed E-state index contributed by atoms with van der Waals surface area (Å²) in [5, 5.41) is 5.03. The van der Waals surface area contributed by atoms with Crippen LogP contribution in [-0.4, -0.2) is 31.8 Å². The summed E-state index contributed by atoms with van der Waals surface area (Å²) in [6, 6.07) is 9.75. The van der Waals surface area contributed by atoms with E-state index in [1.807, 2.05) is 48.1 Å². The molecule has 3 heterocycles. The molecule has 28 heavy (non-hydrogen) atoms. The second kappa shape index (κ2) is 7.69. The first-order chi connectivity index (χ1) is 13.5. The molecule has 0 aliphatic rings. The molecule has 0 saturated carbocycles. The first kappa shape index (κ1) is 18.6. The minimum Gasteiger partial charge on any atom is -0.497 e. The van der Waals surface area contributed by atoms with Gasteiger partial charge in [-0.2, -0.15) is 5.10 Å². The molecule has 0 unspecified atom stereocenters. The highest BCUT2D eigenvalue weighted by molar-refractivity contribution is 9.10. The van der Waals surface area contributed by atoms with E-state index in [0.717, 1.165) is 33.1 Å². The number of nitrogen functional groups attached to an aromatic ring is 1. The molecule has 0 saturated heterocycles. The highest BCUT2D eigenvalue weighted by Crippen LogP contribution is 2.39. The normalized spacial score (nSPS) is 11.0. The predicted octanol–water partition coefficient (Wildman–Crippen LogP) is 4.17. The third kappa shape index (κ3) is 3.76. The van der Waals surface area contributed by atoms with Crippen molar-refractivity contribution in [2.75, 3.05) is 12.8 Å². The van der Waals surface area contributed by atoms with Crippen LogP contribution >= 0.6 is 27.3 Å². The second-order valence-electron chi connectivity index (χ2n) is 6.13. The number of benzene rings is 1. The van der Waals surface area contributed by atoms with Gasteiger partial charge in [0.15, 0.2) is 11.0 Å². The molecule has 0 amide bonds. The van der Waals surface area contributed by atoms with Gasteiger partial charge in [-0.05, 0) is 46.6 Å². The van der Waals surface area contributed by atoms with Crippen molar-refractivity contribution in [3.63, 3.8) is 0 Å². The summed E-state index contributed by atoms with van der Waals surface area (Å²) >= 11 is 4.92. The molecular weight excluding hydrogens is 440 g/mol. The van der Waals surface area contributed by atoms with Crippen LogP contribution in [0.4, 0.5) is 5.13 Å².